The first-order chi connectivity index (χ1) is 16.0. The van der Waals surface area contributed by atoms with Gasteiger partial charge >= 0.3 is 12.1 Å². The van der Waals surface area contributed by atoms with Crippen LogP contribution in [0.5, 0.6) is 0 Å². The van der Waals surface area contributed by atoms with Crippen molar-refractivity contribution in [2.45, 2.75) is 37.6 Å². The predicted octanol–water partition coefficient (Wildman–Crippen LogP) is 3.84. The van der Waals surface area contributed by atoms with Crippen LogP contribution in [0.15, 0.2) is 60.7 Å². The number of alkyl carbamates (subject to hydrolysis) is 1. The summed E-state index contributed by atoms with van der Waals surface area (Å²) in [6.07, 6.45) is 5.31. The van der Waals surface area contributed by atoms with Crippen LogP contribution in [0.2, 0.25) is 0 Å². The van der Waals surface area contributed by atoms with Gasteiger partial charge in [-0.3, -0.25) is 9.59 Å². The van der Waals surface area contributed by atoms with E-state index < -0.39 is 24.0 Å². The van der Waals surface area contributed by atoms with E-state index in [0.29, 0.717) is 12.5 Å². The van der Waals surface area contributed by atoms with E-state index >= 15 is 0 Å². The van der Waals surface area contributed by atoms with Gasteiger partial charge in [0, 0.05) is 18.9 Å². The number of rotatable bonds is 10. The van der Waals surface area contributed by atoms with Gasteiger partial charge in [0.25, 0.3) is 0 Å². The third-order valence-corrected chi connectivity index (χ3v) is 6.02. The largest absolute Gasteiger partial charge is 0.481 e. The third kappa shape index (κ3) is 5.80. The minimum absolute atomic E-state index is 0.0162. The highest BCUT2D eigenvalue weighted by Crippen LogP contribution is 2.44. The molecular weight excluding hydrogens is 420 g/mol. The fraction of sp³-hybridized carbons (Fsp3) is 0.346. The minimum Gasteiger partial charge on any atom is -0.481 e. The summed E-state index contributed by atoms with van der Waals surface area (Å²) in [5.41, 5.74) is 4.43. The molecule has 172 valence electrons. The van der Waals surface area contributed by atoms with E-state index in [1.807, 2.05) is 42.5 Å². The molecule has 1 saturated carbocycles. The first-order valence-electron chi connectivity index (χ1n) is 11.3. The fourth-order valence-electron chi connectivity index (χ4n) is 4.15. The highest BCUT2D eigenvalue weighted by atomic mass is 16.5. The Morgan fingerprint density at radius 3 is 2.27 bits per heavy atom. The van der Waals surface area contributed by atoms with Gasteiger partial charge < -0.3 is 20.5 Å². The van der Waals surface area contributed by atoms with Crippen molar-refractivity contribution in [1.29, 1.82) is 0 Å². The van der Waals surface area contributed by atoms with Gasteiger partial charge in [0.05, 0.1) is 0 Å². The molecule has 7 nitrogen and oxygen atoms in total. The lowest BCUT2D eigenvalue weighted by molar-refractivity contribution is -0.137. The zero-order valence-electron chi connectivity index (χ0n) is 18.3. The standard InChI is InChI=1S/C26H28N2O5/c29-24(30)14-13-23(25(31)27-15-5-6-17-11-12-17)28-26(32)33-16-22-20-9-3-1-7-18(20)19-8-2-4-10-21(19)22/h1-10,17,22-23H,11-16H2,(H,27,31)(H,28,32)(H,29,30)/b6-5+. The van der Waals surface area contributed by atoms with Crippen LogP contribution >= 0.6 is 0 Å². The van der Waals surface area contributed by atoms with Crippen molar-refractivity contribution < 1.29 is 24.2 Å². The highest BCUT2D eigenvalue weighted by Gasteiger charge is 2.30. The Morgan fingerprint density at radius 2 is 1.67 bits per heavy atom. The first-order valence-corrected chi connectivity index (χ1v) is 11.3. The number of carbonyl (C=O) groups excluding carboxylic acids is 2. The molecule has 0 aliphatic heterocycles. The van der Waals surface area contributed by atoms with E-state index in [-0.39, 0.29) is 25.4 Å². The van der Waals surface area contributed by atoms with Crippen LogP contribution < -0.4 is 10.6 Å². The number of nitrogens with one attached hydrogen (secondary N) is 2. The first kappa shape index (κ1) is 22.6. The molecule has 1 atom stereocenters. The van der Waals surface area contributed by atoms with Crippen molar-refractivity contribution in [2.75, 3.05) is 13.2 Å². The van der Waals surface area contributed by atoms with Gasteiger partial charge in [0.1, 0.15) is 12.6 Å². The lowest BCUT2D eigenvalue weighted by Gasteiger charge is -2.19. The van der Waals surface area contributed by atoms with Gasteiger partial charge in [0.15, 0.2) is 0 Å². The molecule has 2 amide bonds. The molecule has 0 radical (unpaired) electrons. The van der Waals surface area contributed by atoms with Crippen LogP contribution in [0.3, 0.4) is 0 Å². The van der Waals surface area contributed by atoms with Gasteiger partial charge in [-0.05, 0) is 47.4 Å². The molecule has 0 heterocycles. The molecule has 0 saturated heterocycles. The van der Waals surface area contributed by atoms with Crippen molar-refractivity contribution in [3.63, 3.8) is 0 Å². The predicted molar refractivity (Wildman–Crippen MR) is 124 cm³/mol. The summed E-state index contributed by atoms with van der Waals surface area (Å²) in [6.45, 7) is 0.461. The minimum atomic E-state index is -1.03. The number of carboxylic acids is 1. The number of benzene rings is 2. The molecular formula is C26H28N2O5. The summed E-state index contributed by atoms with van der Waals surface area (Å²) in [6, 6.07) is 15.1. The maximum absolute atomic E-state index is 12.5. The lowest BCUT2D eigenvalue weighted by atomic mass is 9.98. The Balaban J connectivity index is 1.35. The number of allylic oxidation sites excluding steroid dienone is 1. The van der Waals surface area contributed by atoms with Crippen molar-refractivity contribution in [3.8, 4) is 11.1 Å². The van der Waals surface area contributed by atoms with Gasteiger partial charge in [-0.1, -0.05) is 60.7 Å². The Morgan fingerprint density at radius 1 is 1.03 bits per heavy atom. The number of hydrogen-bond donors (Lipinski definition) is 3. The summed E-state index contributed by atoms with van der Waals surface area (Å²) in [7, 11) is 0. The molecule has 0 spiro atoms. The Labute approximate surface area is 192 Å². The third-order valence-electron chi connectivity index (χ3n) is 6.02. The molecule has 1 fully saturated rings. The number of amides is 2. The molecule has 33 heavy (non-hydrogen) atoms. The van der Waals surface area contributed by atoms with Gasteiger partial charge in [-0.2, -0.15) is 0 Å². The lowest BCUT2D eigenvalue weighted by Crippen LogP contribution is -2.47. The number of carbonyl (C=O) groups is 3. The number of carboxylic acid groups (broad SMARTS) is 1. The van der Waals surface area contributed by atoms with Crippen molar-refractivity contribution in [2.24, 2.45) is 5.92 Å². The average molecular weight is 449 g/mol. The van der Waals surface area contributed by atoms with Crippen molar-refractivity contribution >= 4 is 18.0 Å². The van der Waals surface area contributed by atoms with Crippen LogP contribution in [0, 0.1) is 5.92 Å². The number of ether oxygens (including phenoxy) is 1. The Hall–Kier alpha value is -3.61. The van der Waals surface area contributed by atoms with E-state index in [2.05, 4.69) is 28.8 Å². The highest BCUT2D eigenvalue weighted by molar-refractivity contribution is 5.86. The van der Waals surface area contributed by atoms with E-state index in [4.69, 9.17) is 9.84 Å². The van der Waals surface area contributed by atoms with Crippen LogP contribution in [-0.2, 0) is 14.3 Å². The summed E-state index contributed by atoms with van der Waals surface area (Å²) in [4.78, 5) is 36.1. The summed E-state index contributed by atoms with van der Waals surface area (Å²) >= 11 is 0. The summed E-state index contributed by atoms with van der Waals surface area (Å²) < 4.78 is 5.50. The van der Waals surface area contributed by atoms with Crippen molar-refractivity contribution in [1.82, 2.24) is 10.6 Å². The molecule has 3 N–H and O–H groups in total. The maximum Gasteiger partial charge on any atom is 0.407 e. The molecule has 0 bridgehead atoms. The molecule has 4 rings (SSSR count). The second kappa shape index (κ2) is 10.3. The summed E-state index contributed by atoms with van der Waals surface area (Å²) in [5.74, 6) is -0.952. The molecule has 2 aliphatic carbocycles. The summed E-state index contributed by atoms with van der Waals surface area (Å²) in [5, 5.41) is 14.3. The van der Waals surface area contributed by atoms with E-state index in [1.54, 1.807) is 0 Å². The van der Waals surface area contributed by atoms with Gasteiger partial charge in [-0.25, -0.2) is 4.79 Å². The second-order valence-electron chi connectivity index (χ2n) is 8.47. The number of hydrogen-bond acceptors (Lipinski definition) is 4. The SMILES string of the molecule is O=C(O)CCC(NC(=O)OCC1c2ccccc2-c2ccccc21)C(=O)NC/C=C/C1CC1. The zero-order chi connectivity index (χ0) is 23.2. The van der Waals surface area contributed by atoms with E-state index in [9.17, 15) is 14.4 Å². The van der Waals surface area contributed by atoms with Crippen LogP contribution in [0.1, 0.15) is 42.7 Å². The van der Waals surface area contributed by atoms with Crippen LogP contribution in [0.4, 0.5) is 4.79 Å². The van der Waals surface area contributed by atoms with Crippen LogP contribution in [-0.4, -0.2) is 42.3 Å². The molecule has 2 aromatic carbocycles. The normalized spacial score (nSPS) is 15.5. The zero-order valence-corrected chi connectivity index (χ0v) is 18.3. The molecule has 2 aliphatic rings. The van der Waals surface area contributed by atoms with E-state index in [0.717, 1.165) is 22.3 Å². The number of fused-ring (bicyclic) bond motifs is 3. The fourth-order valence-corrected chi connectivity index (χ4v) is 4.15. The molecule has 1 unspecified atom stereocenters. The molecule has 0 aromatic heterocycles. The van der Waals surface area contributed by atoms with Crippen LogP contribution in [0.25, 0.3) is 11.1 Å². The topological polar surface area (TPSA) is 105 Å². The smallest absolute Gasteiger partial charge is 0.407 e. The van der Waals surface area contributed by atoms with Crippen molar-refractivity contribution in [3.05, 3.63) is 71.8 Å². The molecule has 2 aromatic rings. The monoisotopic (exact) mass is 448 g/mol. The quantitative estimate of drug-likeness (QED) is 0.479. The van der Waals surface area contributed by atoms with E-state index in [1.165, 1.54) is 12.8 Å². The second-order valence-corrected chi connectivity index (χ2v) is 8.47. The molecule has 7 heteroatoms. The maximum atomic E-state index is 12.5. The van der Waals surface area contributed by atoms with Gasteiger partial charge in [0.2, 0.25) is 5.91 Å². The van der Waals surface area contributed by atoms with Gasteiger partial charge in [-0.15, -0.1) is 0 Å². The number of aliphatic carboxylic acids is 1. The Kier molecular flexibility index (Phi) is 7.07. The Bertz CT molecular complexity index is 1010. The average Bonchev–Trinajstić information content (AvgIpc) is 3.59.